The van der Waals surface area contributed by atoms with Crippen LogP contribution >= 0.6 is 0 Å². The molecule has 100 valence electrons. The first-order chi connectivity index (χ1) is 8.27. The second-order valence-electron chi connectivity index (χ2n) is 5.87. The van der Waals surface area contributed by atoms with Crippen molar-refractivity contribution < 1.29 is 4.74 Å². The Kier molecular flexibility index (Phi) is 4.83. The lowest BCUT2D eigenvalue weighted by molar-refractivity contribution is 0.0625. The molecule has 1 saturated carbocycles. The predicted octanol–water partition coefficient (Wildman–Crippen LogP) is 1.86. The van der Waals surface area contributed by atoms with Crippen molar-refractivity contribution in [1.29, 1.82) is 0 Å². The zero-order chi connectivity index (χ0) is 12.3. The Bertz CT molecular complexity index is 234. The Hall–Kier alpha value is -0.120. The minimum absolute atomic E-state index is 0.517. The molecule has 0 amide bonds. The van der Waals surface area contributed by atoms with Crippen molar-refractivity contribution in [3.8, 4) is 0 Å². The van der Waals surface area contributed by atoms with Crippen LogP contribution in [0.25, 0.3) is 0 Å². The van der Waals surface area contributed by atoms with Crippen LogP contribution < -0.4 is 5.73 Å². The van der Waals surface area contributed by atoms with Crippen LogP contribution in [-0.2, 0) is 4.74 Å². The van der Waals surface area contributed by atoms with Gasteiger partial charge in [0.15, 0.2) is 0 Å². The predicted molar refractivity (Wildman–Crippen MR) is 71.0 cm³/mol. The quantitative estimate of drug-likeness (QED) is 0.797. The standard InChI is InChI=1S/C14H28N2O/c1-11(10-17-2)14(9-15)16-8-7-12-5-3-4-6-13(12)16/h11-14H,3-10,15H2,1-2H3. The van der Waals surface area contributed by atoms with Crippen LogP contribution in [0.4, 0.5) is 0 Å². The van der Waals surface area contributed by atoms with Crippen molar-refractivity contribution in [2.75, 3.05) is 26.8 Å². The van der Waals surface area contributed by atoms with E-state index in [0.29, 0.717) is 12.0 Å². The molecule has 3 heteroatoms. The van der Waals surface area contributed by atoms with E-state index in [-0.39, 0.29) is 0 Å². The molecule has 1 aliphatic carbocycles. The third-order valence-electron chi connectivity index (χ3n) is 4.81. The Labute approximate surface area is 106 Å². The summed E-state index contributed by atoms with van der Waals surface area (Å²) in [6, 6.07) is 1.33. The van der Waals surface area contributed by atoms with Gasteiger partial charge in [0.25, 0.3) is 0 Å². The molecule has 2 rings (SSSR count). The van der Waals surface area contributed by atoms with E-state index in [0.717, 1.165) is 25.1 Å². The van der Waals surface area contributed by atoms with Gasteiger partial charge in [-0.25, -0.2) is 0 Å². The van der Waals surface area contributed by atoms with E-state index in [9.17, 15) is 0 Å². The van der Waals surface area contributed by atoms with Gasteiger partial charge >= 0.3 is 0 Å². The second kappa shape index (κ2) is 6.17. The lowest BCUT2D eigenvalue weighted by Crippen LogP contribution is -2.49. The molecule has 1 aliphatic heterocycles. The number of nitrogens with two attached hydrogens (primary N) is 1. The number of likely N-dealkylation sites (tertiary alicyclic amines) is 1. The number of rotatable bonds is 5. The Morgan fingerprint density at radius 2 is 2.06 bits per heavy atom. The Balaban J connectivity index is 1.99. The summed E-state index contributed by atoms with van der Waals surface area (Å²) in [4.78, 5) is 2.70. The average Bonchev–Trinajstić information content (AvgIpc) is 2.75. The summed E-state index contributed by atoms with van der Waals surface area (Å²) in [6.45, 7) is 5.13. The summed E-state index contributed by atoms with van der Waals surface area (Å²) in [7, 11) is 1.79. The van der Waals surface area contributed by atoms with Crippen molar-refractivity contribution in [1.82, 2.24) is 4.90 Å². The van der Waals surface area contributed by atoms with Crippen LogP contribution in [0, 0.1) is 11.8 Å². The maximum absolute atomic E-state index is 6.01. The van der Waals surface area contributed by atoms with Crippen LogP contribution in [0.1, 0.15) is 39.0 Å². The van der Waals surface area contributed by atoms with E-state index >= 15 is 0 Å². The zero-order valence-corrected chi connectivity index (χ0v) is 11.4. The molecular formula is C14H28N2O. The van der Waals surface area contributed by atoms with Gasteiger partial charge in [0, 0.05) is 25.7 Å². The van der Waals surface area contributed by atoms with Crippen LogP contribution in [0.3, 0.4) is 0 Å². The molecule has 0 bridgehead atoms. The molecule has 17 heavy (non-hydrogen) atoms. The Morgan fingerprint density at radius 3 is 2.76 bits per heavy atom. The fourth-order valence-corrected chi connectivity index (χ4v) is 3.92. The van der Waals surface area contributed by atoms with Crippen molar-refractivity contribution in [2.45, 2.75) is 51.1 Å². The van der Waals surface area contributed by atoms with Crippen LogP contribution in [0.15, 0.2) is 0 Å². The molecule has 4 atom stereocenters. The van der Waals surface area contributed by atoms with Gasteiger partial charge in [0.2, 0.25) is 0 Å². The van der Waals surface area contributed by atoms with Crippen LogP contribution in [0.2, 0.25) is 0 Å². The van der Waals surface area contributed by atoms with Gasteiger partial charge in [-0.3, -0.25) is 4.90 Å². The first kappa shape index (κ1) is 13.3. The lowest BCUT2D eigenvalue weighted by Gasteiger charge is -2.39. The smallest absolute Gasteiger partial charge is 0.0503 e. The van der Waals surface area contributed by atoms with E-state index in [1.54, 1.807) is 7.11 Å². The van der Waals surface area contributed by atoms with E-state index in [4.69, 9.17) is 10.5 Å². The lowest BCUT2D eigenvalue weighted by atomic mass is 9.84. The molecule has 0 spiro atoms. The molecule has 1 heterocycles. The third-order valence-corrected chi connectivity index (χ3v) is 4.81. The number of hydrogen-bond acceptors (Lipinski definition) is 3. The highest BCUT2D eigenvalue weighted by Crippen LogP contribution is 2.38. The second-order valence-corrected chi connectivity index (χ2v) is 5.87. The maximum Gasteiger partial charge on any atom is 0.0503 e. The molecule has 1 saturated heterocycles. The monoisotopic (exact) mass is 240 g/mol. The first-order valence-electron chi connectivity index (χ1n) is 7.22. The molecular weight excluding hydrogens is 212 g/mol. The van der Waals surface area contributed by atoms with E-state index in [1.807, 2.05) is 0 Å². The van der Waals surface area contributed by atoms with Gasteiger partial charge in [0.05, 0.1) is 6.61 Å². The topological polar surface area (TPSA) is 38.5 Å². The van der Waals surface area contributed by atoms with Gasteiger partial charge < -0.3 is 10.5 Å². The highest BCUT2D eigenvalue weighted by molar-refractivity contribution is 4.94. The van der Waals surface area contributed by atoms with Crippen LogP contribution in [0.5, 0.6) is 0 Å². The fourth-order valence-electron chi connectivity index (χ4n) is 3.92. The number of nitrogens with zero attached hydrogens (tertiary/aromatic N) is 1. The van der Waals surface area contributed by atoms with Gasteiger partial charge in [0.1, 0.15) is 0 Å². The van der Waals surface area contributed by atoms with E-state index in [2.05, 4.69) is 11.8 Å². The van der Waals surface area contributed by atoms with Crippen molar-refractivity contribution in [2.24, 2.45) is 17.6 Å². The fraction of sp³-hybridized carbons (Fsp3) is 1.00. The van der Waals surface area contributed by atoms with E-state index < -0.39 is 0 Å². The molecule has 0 aromatic carbocycles. The molecule has 2 aliphatic rings. The molecule has 0 aromatic heterocycles. The largest absolute Gasteiger partial charge is 0.384 e. The van der Waals surface area contributed by atoms with E-state index in [1.165, 1.54) is 38.6 Å². The minimum atomic E-state index is 0.517. The van der Waals surface area contributed by atoms with Crippen molar-refractivity contribution in [3.63, 3.8) is 0 Å². The summed E-state index contributed by atoms with van der Waals surface area (Å²) >= 11 is 0. The molecule has 4 unspecified atom stereocenters. The molecule has 2 N–H and O–H groups in total. The summed E-state index contributed by atoms with van der Waals surface area (Å²) < 4.78 is 5.30. The van der Waals surface area contributed by atoms with Gasteiger partial charge in [-0.1, -0.05) is 19.8 Å². The highest BCUT2D eigenvalue weighted by Gasteiger charge is 2.39. The minimum Gasteiger partial charge on any atom is -0.384 e. The van der Waals surface area contributed by atoms with Gasteiger partial charge in [-0.15, -0.1) is 0 Å². The number of fused-ring (bicyclic) bond motifs is 1. The van der Waals surface area contributed by atoms with Crippen molar-refractivity contribution in [3.05, 3.63) is 0 Å². The molecule has 3 nitrogen and oxygen atoms in total. The average molecular weight is 240 g/mol. The molecule has 0 radical (unpaired) electrons. The number of ether oxygens (including phenoxy) is 1. The van der Waals surface area contributed by atoms with Gasteiger partial charge in [-0.05, 0) is 37.6 Å². The number of methoxy groups -OCH3 is 1. The first-order valence-corrected chi connectivity index (χ1v) is 7.22. The zero-order valence-electron chi connectivity index (χ0n) is 11.4. The van der Waals surface area contributed by atoms with Crippen LogP contribution in [-0.4, -0.2) is 43.8 Å². The third kappa shape index (κ3) is 2.83. The summed E-state index contributed by atoms with van der Waals surface area (Å²) in [5.41, 5.74) is 6.01. The van der Waals surface area contributed by atoms with Crippen molar-refractivity contribution >= 4 is 0 Å². The maximum atomic E-state index is 6.01. The van der Waals surface area contributed by atoms with Gasteiger partial charge in [-0.2, -0.15) is 0 Å². The summed E-state index contributed by atoms with van der Waals surface area (Å²) in [5.74, 6) is 1.50. The highest BCUT2D eigenvalue weighted by atomic mass is 16.5. The summed E-state index contributed by atoms with van der Waals surface area (Å²) in [6.07, 6.45) is 7.07. The number of hydrogen-bond donors (Lipinski definition) is 1. The Morgan fingerprint density at radius 1 is 1.29 bits per heavy atom. The normalized spacial score (nSPS) is 33.4. The molecule has 0 aromatic rings. The SMILES string of the molecule is COCC(C)C(CN)N1CCC2CCCCC21. The molecule has 2 fully saturated rings. The summed E-state index contributed by atoms with van der Waals surface area (Å²) in [5, 5.41) is 0.